The molecule has 27 heavy (non-hydrogen) atoms. The van der Waals surface area contributed by atoms with Gasteiger partial charge in [0.15, 0.2) is 5.43 Å². The Labute approximate surface area is 155 Å². The molecule has 4 nitrogen and oxygen atoms in total. The molecule has 4 rings (SSSR count). The number of amides is 1. The molecule has 0 bridgehead atoms. The lowest BCUT2D eigenvalue weighted by Gasteiger charge is -2.24. The molecule has 1 unspecified atom stereocenters. The van der Waals surface area contributed by atoms with E-state index >= 15 is 0 Å². The van der Waals surface area contributed by atoms with Crippen LogP contribution in [0.4, 0.5) is 4.39 Å². The molecular formula is C22H18FNO3. The van der Waals surface area contributed by atoms with Gasteiger partial charge in [0, 0.05) is 12.1 Å². The van der Waals surface area contributed by atoms with Crippen LogP contribution in [-0.2, 0) is 0 Å². The van der Waals surface area contributed by atoms with E-state index in [4.69, 9.17) is 4.42 Å². The normalized spacial score (nSPS) is 16.0. The first-order chi connectivity index (χ1) is 12.9. The van der Waals surface area contributed by atoms with Crippen molar-refractivity contribution >= 4 is 16.9 Å². The number of rotatable bonds is 3. The first-order valence-electron chi connectivity index (χ1n) is 8.68. The molecule has 1 aliphatic rings. The lowest BCUT2D eigenvalue weighted by molar-refractivity contribution is 0.0746. The molecule has 1 amide bonds. The Balaban J connectivity index is 2.09. The van der Waals surface area contributed by atoms with Crippen molar-refractivity contribution in [2.45, 2.75) is 19.9 Å². The standard InChI is InChI=1S/C22H18FNO3/c1-4-9-24-19(14-7-5-6-8-15(14)23)18-20(25)17-13(3)10-12(2)11-16(17)27-21(18)22(24)26/h4-8,10-11,19H,1,9H2,2-3H3. The van der Waals surface area contributed by atoms with Crippen LogP contribution in [0.5, 0.6) is 0 Å². The van der Waals surface area contributed by atoms with Gasteiger partial charge in [0.2, 0.25) is 5.76 Å². The largest absolute Gasteiger partial charge is 0.450 e. The average molecular weight is 363 g/mol. The highest BCUT2D eigenvalue weighted by atomic mass is 19.1. The summed E-state index contributed by atoms with van der Waals surface area (Å²) in [5, 5.41) is 0.425. The zero-order valence-electron chi connectivity index (χ0n) is 15.1. The number of halogens is 1. The van der Waals surface area contributed by atoms with Crippen molar-refractivity contribution < 1.29 is 13.6 Å². The van der Waals surface area contributed by atoms with Gasteiger partial charge in [0.1, 0.15) is 11.4 Å². The fourth-order valence-electron chi connectivity index (χ4n) is 3.86. The quantitative estimate of drug-likeness (QED) is 0.653. The van der Waals surface area contributed by atoms with Crippen molar-refractivity contribution in [1.29, 1.82) is 0 Å². The zero-order valence-corrected chi connectivity index (χ0v) is 15.1. The van der Waals surface area contributed by atoms with E-state index in [-0.39, 0.29) is 28.9 Å². The summed E-state index contributed by atoms with van der Waals surface area (Å²) in [6, 6.07) is 8.96. The van der Waals surface area contributed by atoms with E-state index in [9.17, 15) is 14.0 Å². The molecule has 2 heterocycles. The predicted molar refractivity (Wildman–Crippen MR) is 101 cm³/mol. The highest BCUT2D eigenvalue weighted by molar-refractivity contribution is 5.99. The van der Waals surface area contributed by atoms with Gasteiger partial charge >= 0.3 is 0 Å². The van der Waals surface area contributed by atoms with Crippen molar-refractivity contribution in [2.24, 2.45) is 0 Å². The molecular weight excluding hydrogens is 345 g/mol. The maximum absolute atomic E-state index is 14.6. The van der Waals surface area contributed by atoms with Gasteiger partial charge in [-0.2, -0.15) is 0 Å². The number of carbonyl (C=O) groups excluding carboxylic acids is 1. The monoisotopic (exact) mass is 363 g/mol. The Kier molecular flexibility index (Phi) is 3.95. The minimum absolute atomic E-state index is 0.0207. The van der Waals surface area contributed by atoms with Crippen LogP contribution in [0.25, 0.3) is 11.0 Å². The van der Waals surface area contributed by atoms with Crippen molar-refractivity contribution in [2.75, 3.05) is 6.54 Å². The minimum atomic E-state index is -0.840. The Morgan fingerprint density at radius 3 is 2.67 bits per heavy atom. The highest BCUT2D eigenvalue weighted by Crippen LogP contribution is 2.39. The SMILES string of the molecule is C=CCN1C(=O)c2oc3cc(C)cc(C)c3c(=O)c2C1c1ccccc1F. The maximum atomic E-state index is 14.6. The number of aryl methyl sites for hydroxylation is 2. The summed E-state index contributed by atoms with van der Waals surface area (Å²) in [6.07, 6.45) is 1.55. The molecule has 136 valence electrons. The molecule has 0 saturated heterocycles. The van der Waals surface area contributed by atoms with Gasteiger partial charge in [0.05, 0.1) is 17.0 Å². The third-order valence-electron chi connectivity index (χ3n) is 4.94. The van der Waals surface area contributed by atoms with Crippen molar-refractivity contribution in [1.82, 2.24) is 4.90 Å². The Hall–Kier alpha value is -3.21. The van der Waals surface area contributed by atoms with Crippen molar-refractivity contribution in [3.63, 3.8) is 0 Å². The van der Waals surface area contributed by atoms with Crippen LogP contribution in [0, 0.1) is 19.7 Å². The number of nitrogens with zero attached hydrogens (tertiary/aromatic N) is 1. The first kappa shape index (κ1) is 17.2. The van der Waals surface area contributed by atoms with E-state index in [1.807, 2.05) is 19.9 Å². The summed E-state index contributed by atoms with van der Waals surface area (Å²) < 4.78 is 20.4. The fourth-order valence-corrected chi connectivity index (χ4v) is 3.86. The molecule has 3 aromatic rings. The summed E-state index contributed by atoms with van der Waals surface area (Å²) in [5.74, 6) is -0.929. The minimum Gasteiger partial charge on any atom is -0.450 e. The zero-order chi connectivity index (χ0) is 19.3. The topological polar surface area (TPSA) is 50.5 Å². The third kappa shape index (κ3) is 2.50. The van der Waals surface area contributed by atoms with Crippen LogP contribution in [0.1, 0.15) is 38.9 Å². The summed E-state index contributed by atoms with van der Waals surface area (Å²) in [4.78, 5) is 27.7. The molecule has 0 spiro atoms. The van der Waals surface area contributed by atoms with E-state index in [1.165, 1.54) is 11.0 Å². The molecule has 0 saturated carbocycles. The maximum Gasteiger partial charge on any atom is 0.291 e. The van der Waals surface area contributed by atoms with E-state index in [0.717, 1.165) is 11.1 Å². The van der Waals surface area contributed by atoms with E-state index < -0.39 is 17.8 Å². The van der Waals surface area contributed by atoms with Gasteiger partial charge in [-0.1, -0.05) is 30.3 Å². The molecule has 1 aliphatic heterocycles. The number of carbonyl (C=O) groups is 1. The second-order valence-corrected chi connectivity index (χ2v) is 6.80. The van der Waals surface area contributed by atoms with Gasteiger partial charge in [-0.15, -0.1) is 6.58 Å². The second kappa shape index (κ2) is 6.20. The van der Waals surface area contributed by atoms with E-state index in [2.05, 4.69) is 6.58 Å². The lowest BCUT2D eigenvalue weighted by Crippen LogP contribution is -2.30. The Morgan fingerprint density at radius 1 is 1.22 bits per heavy atom. The Morgan fingerprint density at radius 2 is 1.96 bits per heavy atom. The van der Waals surface area contributed by atoms with Crippen LogP contribution in [-0.4, -0.2) is 17.4 Å². The van der Waals surface area contributed by atoms with Crippen molar-refractivity contribution in [3.05, 3.63) is 93.1 Å². The molecule has 5 heteroatoms. The summed E-state index contributed by atoms with van der Waals surface area (Å²) in [6.45, 7) is 7.58. The van der Waals surface area contributed by atoms with Crippen LogP contribution in [0.3, 0.4) is 0 Å². The average Bonchev–Trinajstić information content (AvgIpc) is 2.88. The van der Waals surface area contributed by atoms with E-state index in [1.54, 1.807) is 30.3 Å². The molecule has 2 aromatic carbocycles. The molecule has 1 atom stereocenters. The molecule has 0 fully saturated rings. The van der Waals surface area contributed by atoms with Gasteiger partial charge in [-0.05, 0) is 37.1 Å². The predicted octanol–water partition coefficient (Wildman–Crippen LogP) is 4.28. The van der Waals surface area contributed by atoms with Crippen molar-refractivity contribution in [3.8, 4) is 0 Å². The second-order valence-electron chi connectivity index (χ2n) is 6.80. The van der Waals surface area contributed by atoms with Gasteiger partial charge in [0.25, 0.3) is 5.91 Å². The molecule has 0 radical (unpaired) electrons. The smallest absolute Gasteiger partial charge is 0.291 e. The first-order valence-corrected chi connectivity index (χ1v) is 8.68. The molecule has 1 aromatic heterocycles. The summed E-state index contributed by atoms with van der Waals surface area (Å²) >= 11 is 0. The Bertz CT molecular complexity index is 1160. The van der Waals surface area contributed by atoms with Crippen LogP contribution >= 0.6 is 0 Å². The van der Waals surface area contributed by atoms with Gasteiger partial charge in [-0.3, -0.25) is 9.59 Å². The van der Waals surface area contributed by atoms with E-state index in [0.29, 0.717) is 11.0 Å². The van der Waals surface area contributed by atoms with Crippen LogP contribution in [0.15, 0.2) is 58.3 Å². The lowest BCUT2D eigenvalue weighted by atomic mass is 9.96. The van der Waals surface area contributed by atoms with Crippen LogP contribution in [0.2, 0.25) is 0 Å². The number of fused-ring (bicyclic) bond motifs is 2. The third-order valence-corrected chi connectivity index (χ3v) is 4.94. The van der Waals surface area contributed by atoms with Crippen LogP contribution < -0.4 is 5.43 Å². The molecule has 0 aliphatic carbocycles. The van der Waals surface area contributed by atoms with Gasteiger partial charge < -0.3 is 9.32 Å². The number of hydrogen-bond donors (Lipinski definition) is 0. The van der Waals surface area contributed by atoms with Gasteiger partial charge in [-0.25, -0.2) is 4.39 Å². The fraction of sp³-hybridized carbons (Fsp3) is 0.182. The highest BCUT2D eigenvalue weighted by Gasteiger charge is 2.43. The molecule has 0 N–H and O–H groups in total. The summed E-state index contributed by atoms with van der Waals surface area (Å²) in [7, 11) is 0. The summed E-state index contributed by atoms with van der Waals surface area (Å²) in [5.41, 5.74) is 2.23. The number of benzene rings is 2. The number of hydrogen-bond acceptors (Lipinski definition) is 3.